The summed E-state index contributed by atoms with van der Waals surface area (Å²) >= 11 is 4.73. The molecule has 0 spiro atoms. The molecule has 8 nitrogen and oxygen atoms in total. The van der Waals surface area contributed by atoms with Crippen LogP contribution < -0.4 is 11.1 Å². The van der Waals surface area contributed by atoms with E-state index in [1.54, 1.807) is 0 Å². The Labute approximate surface area is 257 Å². The largest absolute Gasteiger partial charge is 0.381 e. The first-order chi connectivity index (χ1) is 18.4. The molecule has 0 saturated carbocycles. The van der Waals surface area contributed by atoms with E-state index in [9.17, 15) is 4.79 Å². The number of carbonyl (C=O) groups is 1. The Morgan fingerprint density at radius 3 is 2.10 bits per heavy atom. The summed E-state index contributed by atoms with van der Waals surface area (Å²) in [4.78, 5) is 12.7. The van der Waals surface area contributed by atoms with Gasteiger partial charge in [0.05, 0.1) is 33.4 Å². The topological polar surface area (TPSA) is 104 Å². The van der Waals surface area contributed by atoms with Crippen molar-refractivity contribution in [2.24, 2.45) is 27.4 Å². The van der Waals surface area contributed by atoms with Crippen molar-refractivity contribution in [1.29, 1.82) is 0 Å². The van der Waals surface area contributed by atoms with Crippen molar-refractivity contribution in [3.05, 3.63) is 11.9 Å². The average molecular weight is 594 g/mol. The molecule has 2 radical (unpaired) electrons. The minimum atomic E-state index is -0.595. The van der Waals surface area contributed by atoms with E-state index in [1.165, 1.54) is 6.42 Å². The van der Waals surface area contributed by atoms with Gasteiger partial charge in [0.1, 0.15) is 0 Å². The number of nitrogens with zero attached hydrogens (tertiary/aromatic N) is 3. The molecule has 10 heteroatoms. The molecule has 0 aromatic carbocycles. The quantitative estimate of drug-likeness (QED) is 0.149. The highest BCUT2D eigenvalue weighted by Gasteiger charge is 2.29. The van der Waals surface area contributed by atoms with Crippen LogP contribution in [0.5, 0.6) is 0 Å². The maximum absolute atomic E-state index is 12.7. The van der Waals surface area contributed by atoms with Crippen LogP contribution in [0.1, 0.15) is 101 Å². The fourth-order valence-corrected chi connectivity index (χ4v) is 4.52. The molecule has 41 heavy (non-hydrogen) atoms. The third-order valence-electron chi connectivity index (χ3n) is 6.99. The van der Waals surface area contributed by atoms with Gasteiger partial charge >= 0.3 is 0 Å². The Bertz CT molecular complexity index is 938. The van der Waals surface area contributed by atoms with Gasteiger partial charge in [-0.05, 0) is 48.9 Å². The summed E-state index contributed by atoms with van der Waals surface area (Å²) in [7, 11) is 6.04. The summed E-state index contributed by atoms with van der Waals surface area (Å²) in [5, 5.41) is 11.3. The van der Waals surface area contributed by atoms with Gasteiger partial charge in [-0.2, -0.15) is 12.6 Å². The van der Waals surface area contributed by atoms with Crippen LogP contribution in [0.25, 0.3) is 0 Å². The molecule has 2 unspecified atom stereocenters. The molecule has 1 rings (SSSR count). The maximum atomic E-state index is 12.7. The minimum Gasteiger partial charge on any atom is -0.381 e. The van der Waals surface area contributed by atoms with Crippen molar-refractivity contribution in [2.45, 2.75) is 118 Å². The molecule has 0 saturated heterocycles. The van der Waals surface area contributed by atoms with E-state index in [0.29, 0.717) is 51.5 Å². The van der Waals surface area contributed by atoms with Crippen LogP contribution in [-0.4, -0.2) is 73.0 Å². The lowest BCUT2D eigenvalue weighted by molar-refractivity contribution is -0.122. The fourth-order valence-electron chi connectivity index (χ4n) is 4.29. The second kappa shape index (κ2) is 15.1. The van der Waals surface area contributed by atoms with Crippen molar-refractivity contribution in [2.75, 3.05) is 39.5 Å². The van der Waals surface area contributed by atoms with Gasteiger partial charge in [0.15, 0.2) is 0 Å². The van der Waals surface area contributed by atoms with Gasteiger partial charge in [-0.25, -0.2) is 0 Å². The molecule has 0 aliphatic heterocycles. The van der Waals surface area contributed by atoms with E-state index < -0.39 is 10.1 Å². The van der Waals surface area contributed by atoms with Crippen molar-refractivity contribution in [1.82, 2.24) is 20.3 Å². The number of nitrogens with two attached hydrogens (primary N) is 1. The van der Waals surface area contributed by atoms with Crippen LogP contribution in [0.4, 0.5) is 0 Å². The highest BCUT2D eigenvalue weighted by atomic mass is 32.1. The monoisotopic (exact) mass is 593 g/mol. The molecule has 1 aromatic heterocycles. The Balaban J connectivity index is 2.47. The van der Waals surface area contributed by atoms with E-state index in [1.807, 2.05) is 32.4 Å². The number of hydrogen-bond acceptors (Lipinski definition) is 7. The summed E-state index contributed by atoms with van der Waals surface area (Å²) in [6.45, 7) is 26.9. The zero-order chi connectivity index (χ0) is 31.8. The van der Waals surface area contributed by atoms with Crippen LogP contribution in [0.3, 0.4) is 0 Å². The van der Waals surface area contributed by atoms with Crippen LogP contribution in [0.2, 0.25) is 5.31 Å². The Kier molecular flexibility index (Phi) is 13.9. The number of ether oxygens (including phenoxy) is 2. The van der Waals surface area contributed by atoms with E-state index in [-0.39, 0.29) is 28.6 Å². The lowest BCUT2D eigenvalue weighted by atomic mass is 9.71. The van der Waals surface area contributed by atoms with Crippen molar-refractivity contribution in [3.8, 4) is 0 Å². The van der Waals surface area contributed by atoms with Gasteiger partial charge in [-0.1, -0.05) is 74.5 Å². The first-order valence-corrected chi connectivity index (χ1v) is 15.4. The summed E-state index contributed by atoms with van der Waals surface area (Å²) in [5.74, 6) is -0.0652. The third kappa shape index (κ3) is 17.6. The summed E-state index contributed by atoms with van der Waals surface area (Å²) in [6, 6.07) is 0. The molecule has 3 N–H and O–H groups in total. The van der Waals surface area contributed by atoms with Crippen molar-refractivity contribution < 1.29 is 14.3 Å². The molecule has 1 heterocycles. The predicted octanol–water partition coefficient (Wildman–Crippen LogP) is 5.26. The van der Waals surface area contributed by atoms with Crippen molar-refractivity contribution >= 4 is 26.4 Å². The molecule has 2 atom stereocenters. The summed E-state index contributed by atoms with van der Waals surface area (Å²) in [6.07, 6.45) is 5.55. The van der Waals surface area contributed by atoms with Gasteiger partial charge in [-0.15, -0.1) is 5.10 Å². The Hall–Kier alpha value is -1.10. The number of nitrogens with one attached hydrogen (secondary N) is 1. The van der Waals surface area contributed by atoms with Crippen LogP contribution in [0.15, 0.2) is 6.20 Å². The number of hydrogen-bond donors (Lipinski definition) is 3. The number of amides is 1. The molecule has 0 bridgehead atoms. The van der Waals surface area contributed by atoms with E-state index in [4.69, 9.17) is 35.7 Å². The lowest BCUT2D eigenvalue weighted by Gasteiger charge is -2.30. The summed E-state index contributed by atoms with van der Waals surface area (Å²) in [5.41, 5.74) is 6.79. The Morgan fingerprint density at radius 2 is 1.51 bits per heavy atom. The van der Waals surface area contributed by atoms with Gasteiger partial charge in [0.2, 0.25) is 5.91 Å². The van der Waals surface area contributed by atoms with Gasteiger partial charge in [0.25, 0.3) is 0 Å². The molecule has 0 fully saturated rings. The molecule has 1 amide bonds. The van der Waals surface area contributed by atoms with Crippen molar-refractivity contribution in [3.63, 3.8) is 0 Å². The lowest BCUT2D eigenvalue weighted by Crippen LogP contribution is -2.41. The number of carbonyl (C=O) groups excluding carboxylic acids is 1. The first kappa shape index (κ1) is 37.9. The number of thiol groups is 1. The van der Waals surface area contributed by atoms with E-state index >= 15 is 0 Å². The van der Waals surface area contributed by atoms with Crippen LogP contribution >= 0.6 is 12.6 Å². The van der Waals surface area contributed by atoms with E-state index in [2.05, 4.69) is 70.3 Å². The molecule has 0 aliphatic rings. The van der Waals surface area contributed by atoms with Crippen LogP contribution in [0, 0.1) is 21.7 Å². The predicted molar refractivity (Wildman–Crippen MR) is 174 cm³/mol. The first-order valence-electron chi connectivity index (χ1n) is 15.0. The normalized spacial score (nSPS) is 16.3. The highest BCUT2D eigenvalue weighted by molar-refractivity contribution is 7.81. The second-order valence-electron chi connectivity index (χ2n) is 16.4. The Morgan fingerprint density at radius 1 is 0.927 bits per heavy atom. The highest BCUT2D eigenvalue weighted by Crippen LogP contribution is 2.33. The standard InChI is InChI=1S/C31H60BN5O3S/c1-26(2,3)12-13-27(4,5)14-24-16-37(36-35-24)19-29(8,9)21-40-23-31(11,41)15-25(38)34-18-28(6,7)20-39-22-30(10,32)17-33/h16,41H,12-15,17-23,33H2,1-11H3,(H,34,38). The van der Waals surface area contributed by atoms with Gasteiger partial charge in [0, 0.05) is 47.9 Å². The smallest absolute Gasteiger partial charge is 0.221 e. The molecular formula is C31H60BN5O3S. The third-order valence-corrected chi connectivity index (χ3v) is 7.28. The average Bonchev–Trinajstić information content (AvgIpc) is 3.20. The molecule has 0 aliphatic carbocycles. The fraction of sp³-hybridized carbons (Fsp3) is 0.903. The number of rotatable bonds is 19. The summed E-state index contributed by atoms with van der Waals surface area (Å²) < 4.78 is 13.1. The van der Waals surface area contributed by atoms with Crippen LogP contribution in [-0.2, 0) is 27.2 Å². The zero-order valence-corrected chi connectivity index (χ0v) is 28.9. The van der Waals surface area contributed by atoms with Gasteiger partial charge < -0.3 is 20.5 Å². The van der Waals surface area contributed by atoms with Gasteiger partial charge in [-0.3, -0.25) is 9.48 Å². The number of aromatic nitrogens is 3. The van der Waals surface area contributed by atoms with E-state index in [0.717, 1.165) is 18.5 Å². The SMILES string of the molecule is [B]C(C)(CN)COCC(C)(C)CNC(=O)CC(C)(S)COCC(C)(C)Cn1cc(CC(C)(C)CCC(C)(C)C)nn1. The molecule has 236 valence electrons. The zero-order valence-electron chi connectivity index (χ0n) is 28.0. The maximum Gasteiger partial charge on any atom is 0.221 e. The molecule has 1 aromatic rings. The second-order valence-corrected chi connectivity index (χ2v) is 17.5. The minimum absolute atomic E-state index is 0.0652. The molecular weight excluding hydrogens is 533 g/mol.